The minimum atomic E-state index is -0.328. The number of carbonyl (C=O) groups is 1. The standard InChI is InChI=1S/C22H23N5O/c28-22(25-19-9-5-2-6-10-19)21(18-7-3-1-4-8-18)27-15-13-26(14-16-27)20-17-23-11-12-24-20/h1-12,17,21H,13-16H2,(H,25,28). The van der Waals surface area contributed by atoms with Gasteiger partial charge in [-0.25, -0.2) is 4.98 Å². The zero-order valence-corrected chi connectivity index (χ0v) is 15.6. The van der Waals surface area contributed by atoms with Gasteiger partial charge in [0.15, 0.2) is 0 Å². The molecule has 3 aromatic rings. The third-order valence-corrected chi connectivity index (χ3v) is 4.96. The molecule has 0 saturated carbocycles. The number of nitrogens with one attached hydrogen (secondary N) is 1. The number of benzene rings is 2. The molecule has 1 aliphatic rings. The Morgan fingerprint density at radius 3 is 2.21 bits per heavy atom. The van der Waals surface area contributed by atoms with Crippen LogP contribution in [0.2, 0.25) is 0 Å². The Morgan fingerprint density at radius 2 is 1.57 bits per heavy atom. The summed E-state index contributed by atoms with van der Waals surface area (Å²) in [5.74, 6) is 0.873. The predicted molar refractivity (Wildman–Crippen MR) is 110 cm³/mol. The van der Waals surface area contributed by atoms with Crippen LogP contribution in [0.4, 0.5) is 11.5 Å². The first kappa shape index (κ1) is 18.1. The molecule has 1 saturated heterocycles. The molecular weight excluding hydrogens is 350 g/mol. The Kier molecular flexibility index (Phi) is 5.58. The minimum absolute atomic E-state index is 0.00893. The summed E-state index contributed by atoms with van der Waals surface area (Å²) in [7, 11) is 0. The highest BCUT2D eigenvalue weighted by Gasteiger charge is 2.30. The number of amides is 1. The van der Waals surface area contributed by atoms with Crippen molar-refractivity contribution in [1.82, 2.24) is 14.9 Å². The average molecular weight is 373 g/mol. The van der Waals surface area contributed by atoms with Gasteiger partial charge in [-0.05, 0) is 17.7 Å². The van der Waals surface area contributed by atoms with Crippen molar-refractivity contribution >= 4 is 17.4 Å². The maximum Gasteiger partial charge on any atom is 0.246 e. The lowest BCUT2D eigenvalue weighted by atomic mass is 10.0. The minimum Gasteiger partial charge on any atom is -0.353 e. The molecule has 1 unspecified atom stereocenters. The fraction of sp³-hybridized carbons (Fsp3) is 0.227. The summed E-state index contributed by atoms with van der Waals surface area (Å²) in [5.41, 5.74) is 1.82. The second kappa shape index (κ2) is 8.63. The zero-order valence-electron chi connectivity index (χ0n) is 15.6. The quantitative estimate of drug-likeness (QED) is 0.745. The van der Waals surface area contributed by atoms with Crippen molar-refractivity contribution in [2.75, 3.05) is 36.4 Å². The van der Waals surface area contributed by atoms with Crippen molar-refractivity contribution in [2.24, 2.45) is 0 Å². The monoisotopic (exact) mass is 373 g/mol. The molecule has 0 aliphatic carbocycles. The third kappa shape index (κ3) is 4.18. The Balaban J connectivity index is 1.51. The van der Waals surface area contributed by atoms with Crippen molar-refractivity contribution in [3.8, 4) is 0 Å². The van der Waals surface area contributed by atoms with Gasteiger partial charge in [-0.2, -0.15) is 0 Å². The molecule has 1 aliphatic heterocycles. The molecule has 6 nitrogen and oxygen atoms in total. The summed E-state index contributed by atoms with van der Waals surface area (Å²) < 4.78 is 0. The molecule has 4 rings (SSSR count). The van der Waals surface area contributed by atoms with E-state index in [1.807, 2.05) is 60.7 Å². The van der Waals surface area contributed by atoms with E-state index in [9.17, 15) is 4.79 Å². The van der Waals surface area contributed by atoms with E-state index in [1.54, 1.807) is 18.6 Å². The number of carbonyl (C=O) groups excluding carboxylic acids is 1. The van der Waals surface area contributed by atoms with Crippen LogP contribution in [0.1, 0.15) is 11.6 Å². The van der Waals surface area contributed by atoms with Crippen molar-refractivity contribution in [1.29, 1.82) is 0 Å². The molecule has 6 heteroatoms. The summed E-state index contributed by atoms with van der Waals surface area (Å²) in [5, 5.41) is 3.06. The Hall–Kier alpha value is -3.25. The Bertz CT molecular complexity index is 881. The molecule has 28 heavy (non-hydrogen) atoms. The van der Waals surface area contributed by atoms with Gasteiger partial charge in [-0.15, -0.1) is 0 Å². The fourth-order valence-corrected chi connectivity index (χ4v) is 3.56. The molecule has 1 aromatic heterocycles. The summed E-state index contributed by atoms with van der Waals surface area (Å²) in [6, 6.07) is 19.2. The van der Waals surface area contributed by atoms with E-state index in [0.717, 1.165) is 43.2 Å². The van der Waals surface area contributed by atoms with Gasteiger partial charge in [0, 0.05) is 44.3 Å². The van der Waals surface area contributed by atoms with E-state index in [1.165, 1.54) is 0 Å². The van der Waals surface area contributed by atoms with Crippen LogP contribution in [0, 0.1) is 0 Å². The van der Waals surface area contributed by atoms with Crippen LogP contribution in [0.25, 0.3) is 0 Å². The van der Waals surface area contributed by atoms with Crippen LogP contribution in [0.5, 0.6) is 0 Å². The number of piperazine rings is 1. The van der Waals surface area contributed by atoms with Gasteiger partial charge in [-0.1, -0.05) is 48.5 Å². The van der Waals surface area contributed by atoms with Gasteiger partial charge >= 0.3 is 0 Å². The third-order valence-electron chi connectivity index (χ3n) is 4.96. The first-order chi connectivity index (χ1) is 13.8. The summed E-state index contributed by atoms with van der Waals surface area (Å²) >= 11 is 0. The van der Waals surface area contributed by atoms with Crippen molar-refractivity contribution in [3.63, 3.8) is 0 Å². The maximum atomic E-state index is 13.2. The predicted octanol–water partition coefficient (Wildman–Crippen LogP) is 2.98. The molecule has 2 aromatic carbocycles. The molecule has 1 fully saturated rings. The van der Waals surface area contributed by atoms with Crippen molar-refractivity contribution < 1.29 is 4.79 Å². The smallest absolute Gasteiger partial charge is 0.246 e. The second-order valence-electron chi connectivity index (χ2n) is 6.76. The van der Waals surface area contributed by atoms with Gasteiger partial charge in [0.25, 0.3) is 0 Å². The van der Waals surface area contributed by atoms with E-state index < -0.39 is 0 Å². The second-order valence-corrected chi connectivity index (χ2v) is 6.76. The van der Waals surface area contributed by atoms with E-state index in [0.29, 0.717) is 0 Å². The van der Waals surface area contributed by atoms with Crippen molar-refractivity contribution in [2.45, 2.75) is 6.04 Å². The van der Waals surface area contributed by atoms with Crippen LogP contribution in [-0.4, -0.2) is 47.0 Å². The largest absolute Gasteiger partial charge is 0.353 e. The number of nitrogens with zero attached hydrogens (tertiary/aromatic N) is 4. The number of hydrogen-bond acceptors (Lipinski definition) is 5. The van der Waals surface area contributed by atoms with E-state index in [2.05, 4.69) is 25.1 Å². The highest BCUT2D eigenvalue weighted by molar-refractivity contribution is 5.95. The molecule has 0 spiro atoms. The fourth-order valence-electron chi connectivity index (χ4n) is 3.56. The average Bonchev–Trinajstić information content (AvgIpc) is 2.76. The van der Waals surface area contributed by atoms with Gasteiger partial charge in [0.05, 0.1) is 6.20 Å². The first-order valence-corrected chi connectivity index (χ1v) is 9.47. The highest BCUT2D eigenvalue weighted by Crippen LogP contribution is 2.25. The molecule has 1 amide bonds. The topological polar surface area (TPSA) is 61.4 Å². The Morgan fingerprint density at radius 1 is 0.893 bits per heavy atom. The molecule has 0 radical (unpaired) electrons. The SMILES string of the molecule is O=C(Nc1ccccc1)C(c1ccccc1)N1CCN(c2cnccn2)CC1. The van der Waals surface area contributed by atoms with Crippen LogP contribution in [0.3, 0.4) is 0 Å². The molecule has 1 N–H and O–H groups in total. The summed E-state index contributed by atoms with van der Waals surface area (Å²) in [6.45, 7) is 3.16. The Labute approximate surface area is 164 Å². The van der Waals surface area contributed by atoms with Crippen molar-refractivity contribution in [3.05, 3.63) is 84.8 Å². The van der Waals surface area contributed by atoms with Gasteiger partial charge in [0.2, 0.25) is 5.91 Å². The maximum absolute atomic E-state index is 13.2. The molecule has 0 bridgehead atoms. The molecule has 2 heterocycles. The number of aromatic nitrogens is 2. The molecule has 1 atom stereocenters. The first-order valence-electron chi connectivity index (χ1n) is 9.47. The van der Waals surface area contributed by atoms with Crippen LogP contribution in [-0.2, 0) is 4.79 Å². The molecular formula is C22H23N5O. The lowest BCUT2D eigenvalue weighted by Gasteiger charge is -2.39. The van der Waals surface area contributed by atoms with Gasteiger partial charge in [-0.3, -0.25) is 14.7 Å². The number of rotatable bonds is 5. The van der Waals surface area contributed by atoms with Crippen LogP contribution >= 0.6 is 0 Å². The number of para-hydroxylation sites is 1. The lowest BCUT2D eigenvalue weighted by molar-refractivity contribution is -0.121. The van der Waals surface area contributed by atoms with E-state index in [-0.39, 0.29) is 11.9 Å². The summed E-state index contributed by atoms with van der Waals surface area (Å²) in [4.78, 5) is 26.2. The highest BCUT2D eigenvalue weighted by atomic mass is 16.2. The molecule has 142 valence electrons. The van der Waals surface area contributed by atoms with Gasteiger partial charge < -0.3 is 10.2 Å². The van der Waals surface area contributed by atoms with Crippen LogP contribution in [0.15, 0.2) is 79.3 Å². The van der Waals surface area contributed by atoms with E-state index in [4.69, 9.17) is 0 Å². The number of hydrogen-bond donors (Lipinski definition) is 1. The lowest BCUT2D eigenvalue weighted by Crippen LogP contribution is -2.50. The summed E-state index contributed by atoms with van der Waals surface area (Å²) in [6.07, 6.45) is 5.17. The van der Waals surface area contributed by atoms with Crippen LogP contribution < -0.4 is 10.2 Å². The van der Waals surface area contributed by atoms with Gasteiger partial charge in [0.1, 0.15) is 11.9 Å². The zero-order chi connectivity index (χ0) is 19.2. The number of anilines is 2. The van der Waals surface area contributed by atoms with E-state index >= 15 is 0 Å². The normalized spacial score (nSPS) is 15.8.